The van der Waals surface area contributed by atoms with Crippen molar-refractivity contribution < 1.29 is 19.1 Å². The first-order chi connectivity index (χ1) is 18.2. The summed E-state index contributed by atoms with van der Waals surface area (Å²) in [6.07, 6.45) is 3.38. The summed E-state index contributed by atoms with van der Waals surface area (Å²) in [5, 5.41) is 15.8. The van der Waals surface area contributed by atoms with Gasteiger partial charge in [-0.05, 0) is 36.8 Å². The summed E-state index contributed by atoms with van der Waals surface area (Å²) in [5.41, 5.74) is 0.722. The molecule has 0 saturated heterocycles. The summed E-state index contributed by atoms with van der Waals surface area (Å²) in [6, 6.07) is 11.3. The van der Waals surface area contributed by atoms with Gasteiger partial charge in [-0.1, -0.05) is 29.8 Å². The Morgan fingerprint density at radius 3 is 2.45 bits per heavy atom. The molecule has 2 heterocycles. The lowest BCUT2D eigenvalue weighted by Crippen LogP contribution is -2.23. The Morgan fingerprint density at radius 1 is 1.16 bits per heavy atom. The van der Waals surface area contributed by atoms with Crippen LogP contribution in [0.3, 0.4) is 0 Å². The SMILES string of the molecule is CC[C@H](C)c1nc2ccc(Br)cc2c(=O)n1N=Cc1cc(OC)c(Oc2ccc([N+](=O)[O-])cn2)c(OC)c1. The maximum absolute atomic E-state index is 13.4. The van der Waals surface area contributed by atoms with Crippen molar-refractivity contribution in [1.29, 1.82) is 0 Å². The zero-order valence-electron chi connectivity index (χ0n) is 21.0. The fraction of sp³-hybridized carbons (Fsp3) is 0.231. The van der Waals surface area contributed by atoms with Gasteiger partial charge in [0.05, 0.1) is 36.3 Å². The number of fused-ring (bicyclic) bond motifs is 1. The Hall–Kier alpha value is -4.32. The minimum Gasteiger partial charge on any atom is -0.493 e. The maximum Gasteiger partial charge on any atom is 0.287 e. The number of nitrogens with zero attached hydrogens (tertiary/aromatic N) is 5. The molecular weight excluding hydrogens is 558 g/mol. The predicted molar refractivity (Wildman–Crippen MR) is 146 cm³/mol. The smallest absolute Gasteiger partial charge is 0.287 e. The van der Waals surface area contributed by atoms with Crippen LogP contribution in [0.2, 0.25) is 0 Å². The van der Waals surface area contributed by atoms with Gasteiger partial charge in [-0.15, -0.1) is 0 Å². The first kappa shape index (κ1) is 26.7. The van der Waals surface area contributed by atoms with Crippen molar-refractivity contribution in [2.24, 2.45) is 5.10 Å². The summed E-state index contributed by atoms with van der Waals surface area (Å²) < 4.78 is 18.9. The lowest BCUT2D eigenvalue weighted by molar-refractivity contribution is -0.385. The molecule has 12 heteroatoms. The van der Waals surface area contributed by atoms with Gasteiger partial charge in [0.25, 0.3) is 11.2 Å². The number of methoxy groups -OCH3 is 2. The molecule has 11 nitrogen and oxygen atoms in total. The van der Waals surface area contributed by atoms with Crippen LogP contribution in [-0.2, 0) is 0 Å². The summed E-state index contributed by atoms with van der Waals surface area (Å²) in [6.45, 7) is 4.01. The Labute approximate surface area is 226 Å². The highest BCUT2D eigenvalue weighted by Crippen LogP contribution is 2.40. The number of nitro groups is 1. The minimum absolute atomic E-state index is 0.0121. The molecule has 0 unspecified atom stereocenters. The molecule has 0 N–H and O–H groups in total. The summed E-state index contributed by atoms with van der Waals surface area (Å²) in [4.78, 5) is 32.4. The molecule has 0 saturated carbocycles. The standard InChI is InChI=1S/C26H24BrN5O6/c1-5-15(2)25-30-20-8-6-17(27)12-19(20)26(33)31(25)29-13-16-10-21(36-3)24(22(11-16)37-4)38-23-9-7-18(14-28-23)32(34)35/h6-15H,5H2,1-4H3/t15-/m0/s1. The first-order valence-electron chi connectivity index (χ1n) is 11.6. The van der Waals surface area contributed by atoms with Gasteiger partial charge >= 0.3 is 0 Å². The van der Waals surface area contributed by atoms with Gasteiger partial charge in [0.15, 0.2) is 11.5 Å². The van der Waals surface area contributed by atoms with Crippen LogP contribution in [-0.4, -0.2) is 40.0 Å². The van der Waals surface area contributed by atoms with E-state index >= 15 is 0 Å². The molecule has 0 aliphatic heterocycles. The number of pyridine rings is 1. The molecule has 0 bridgehead atoms. The van der Waals surface area contributed by atoms with Crippen LogP contribution in [0, 0.1) is 10.1 Å². The van der Waals surface area contributed by atoms with Gasteiger partial charge in [0, 0.05) is 28.1 Å². The van der Waals surface area contributed by atoms with Crippen molar-refractivity contribution in [2.75, 3.05) is 14.2 Å². The monoisotopic (exact) mass is 581 g/mol. The molecule has 0 amide bonds. The largest absolute Gasteiger partial charge is 0.493 e. The second kappa shape index (κ2) is 11.4. The average molecular weight is 582 g/mol. The highest BCUT2D eigenvalue weighted by molar-refractivity contribution is 9.10. The Morgan fingerprint density at radius 2 is 1.87 bits per heavy atom. The molecule has 196 valence electrons. The van der Waals surface area contributed by atoms with Gasteiger partial charge in [0.2, 0.25) is 11.6 Å². The zero-order valence-corrected chi connectivity index (χ0v) is 22.6. The van der Waals surface area contributed by atoms with Gasteiger partial charge in [-0.25, -0.2) is 9.97 Å². The molecule has 2 aromatic carbocycles. The Kier molecular flexibility index (Phi) is 8.01. The van der Waals surface area contributed by atoms with Crippen LogP contribution >= 0.6 is 15.9 Å². The summed E-state index contributed by atoms with van der Waals surface area (Å²) in [5.74, 6) is 1.49. The van der Waals surface area contributed by atoms with Crippen molar-refractivity contribution in [1.82, 2.24) is 14.6 Å². The van der Waals surface area contributed by atoms with Crippen molar-refractivity contribution in [2.45, 2.75) is 26.2 Å². The van der Waals surface area contributed by atoms with E-state index in [0.29, 0.717) is 33.8 Å². The molecule has 2 aromatic heterocycles. The van der Waals surface area contributed by atoms with E-state index in [1.165, 1.54) is 37.2 Å². The second-order valence-electron chi connectivity index (χ2n) is 8.27. The van der Waals surface area contributed by atoms with Crippen molar-refractivity contribution in [3.05, 3.63) is 85.0 Å². The lowest BCUT2D eigenvalue weighted by Gasteiger charge is -2.15. The summed E-state index contributed by atoms with van der Waals surface area (Å²) in [7, 11) is 2.92. The number of hydrogen-bond donors (Lipinski definition) is 0. The van der Waals surface area contributed by atoms with E-state index < -0.39 is 4.92 Å². The highest BCUT2D eigenvalue weighted by Gasteiger charge is 2.18. The van der Waals surface area contributed by atoms with Gasteiger partial charge in [-0.2, -0.15) is 9.78 Å². The van der Waals surface area contributed by atoms with Crippen molar-refractivity contribution in [3.63, 3.8) is 0 Å². The van der Waals surface area contributed by atoms with E-state index in [2.05, 4.69) is 26.0 Å². The first-order valence-corrected chi connectivity index (χ1v) is 12.4. The van der Waals surface area contributed by atoms with Gasteiger partial charge in [-0.3, -0.25) is 14.9 Å². The molecule has 4 rings (SSSR count). The van der Waals surface area contributed by atoms with Crippen molar-refractivity contribution >= 4 is 38.7 Å². The fourth-order valence-corrected chi connectivity index (χ4v) is 3.99. The quantitative estimate of drug-likeness (QED) is 0.140. The minimum atomic E-state index is -0.548. The normalized spacial score (nSPS) is 12.0. The Bertz CT molecular complexity index is 1560. The molecular formula is C26H24BrN5O6. The number of benzene rings is 2. The molecule has 0 aliphatic carbocycles. The van der Waals surface area contributed by atoms with E-state index in [0.717, 1.165) is 17.1 Å². The van der Waals surface area contributed by atoms with E-state index in [1.807, 2.05) is 19.9 Å². The average Bonchev–Trinajstić information content (AvgIpc) is 2.92. The molecule has 0 radical (unpaired) electrons. The van der Waals surface area contributed by atoms with Crippen LogP contribution in [0.25, 0.3) is 10.9 Å². The van der Waals surface area contributed by atoms with E-state index in [4.69, 9.17) is 19.2 Å². The third-order valence-electron chi connectivity index (χ3n) is 5.83. The number of hydrogen-bond acceptors (Lipinski definition) is 9. The number of ether oxygens (including phenoxy) is 3. The molecule has 4 aromatic rings. The summed E-state index contributed by atoms with van der Waals surface area (Å²) >= 11 is 3.41. The van der Waals surface area contributed by atoms with Gasteiger partial charge < -0.3 is 14.2 Å². The fourth-order valence-electron chi connectivity index (χ4n) is 3.62. The predicted octanol–water partition coefficient (Wildman–Crippen LogP) is 5.67. The number of aromatic nitrogens is 3. The van der Waals surface area contributed by atoms with Crippen molar-refractivity contribution in [3.8, 4) is 23.1 Å². The van der Waals surface area contributed by atoms with Crippen LogP contribution in [0.4, 0.5) is 5.69 Å². The topological polar surface area (TPSA) is 131 Å². The molecule has 0 aliphatic rings. The molecule has 0 spiro atoms. The van der Waals surface area contributed by atoms with Crippen LogP contribution < -0.4 is 19.8 Å². The molecule has 0 fully saturated rings. The second-order valence-corrected chi connectivity index (χ2v) is 9.19. The van der Waals surface area contributed by atoms with Gasteiger partial charge in [0.1, 0.15) is 12.0 Å². The highest BCUT2D eigenvalue weighted by atomic mass is 79.9. The van der Waals surface area contributed by atoms with Crippen LogP contribution in [0.5, 0.6) is 23.1 Å². The maximum atomic E-state index is 13.4. The van der Waals surface area contributed by atoms with E-state index in [9.17, 15) is 14.9 Å². The zero-order chi connectivity index (χ0) is 27.4. The van der Waals surface area contributed by atoms with Crippen LogP contribution in [0.1, 0.15) is 37.6 Å². The third kappa shape index (κ3) is 5.49. The van der Waals surface area contributed by atoms with Crippen LogP contribution in [0.15, 0.2) is 63.0 Å². The number of halogens is 1. The van der Waals surface area contributed by atoms with E-state index in [-0.39, 0.29) is 28.8 Å². The molecule has 38 heavy (non-hydrogen) atoms. The molecule has 1 atom stereocenters. The Balaban J connectivity index is 1.75. The van der Waals surface area contributed by atoms with E-state index in [1.54, 1.807) is 24.3 Å². The third-order valence-corrected chi connectivity index (χ3v) is 6.32. The lowest BCUT2D eigenvalue weighted by atomic mass is 10.1. The number of rotatable bonds is 9.